The molecule has 0 radical (unpaired) electrons. The summed E-state index contributed by atoms with van der Waals surface area (Å²) in [7, 11) is 1.59. The summed E-state index contributed by atoms with van der Waals surface area (Å²) in [5, 5.41) is 6.03. The highest BCUT2D eigenvalue weighted by molar-refractivity contribution is 5.92. The van der Waals surface area contributed by atoms with Crippen molar-refractivity contribution < 1.29 is 14.3 Å². The first kappa shape index (κ1) is 22.3. The van der Waals surface area contributed by atoms with Crippen molar-refractivity contribution in [3.05, 3.63) is 42.6 Å². The van der Waals surface area contributed by atoms with Gasteiger partial charge in [-0.3, -0.25) is 9.78 Å². The van der Waals surface area contributed by atoms with Crippen LogP contribution in [0.3, 0.4) is 0 Å². The van der Waals surface area contributed by atoms with Gasteiger partial charge in [-0.1, -0.05) is 0 Å². The predicted molar refractivity (Wildman–Crippen MR) is 128 cm³/mol. The van der Waals surface area contributed by atoms with Gasteiger partial charge >= 0.3 is 0 Å². The highest BCUT2D eigenvalue weighted by Crippen LogP contribution is 2.33. The molecule has 34 heavy (non-hydrogen) atoms. The number of fused-ring (bicyclic) bond motifs is 1. The van der Waals surface area contributed by atoms with Gasteiger partial charge < -0.3 is 25.0 Å². The summed E-state index contributed by atoms with van der Waals surface area (Å²) in [6.07, 6.45) is 8.65. The first-order chi connectivity index (χ1) is 16.7. The molecule has 0 bridgehead atoms. The molecule has 0 atom stereocenters. The summed E-state index contributed by atoms with van der Waals surface area (Å²) in [5.74, 6) is 1.23. The minimum atomic E-state index is -0.225. The van der Waals surface area contributed by atoms with E-state index in [0.29, 0.717) is 11.5 Å². The fraction of sp³-hybridized carbons (Fsp3) is 0.458. The molecule has 2 aromatic heterocycles. The third-order valence-corrected chi connectivity index (χ3v) is 6.35. The Kier molecular flexibility index (Phi) is 6.66. The largest absolute Gasteiger partial charge is 0.488 e. The monoisotopic (exact) mass is 463 g/mol. The van der Waals surface area contributed by atoms with Crippen LogP contribution in [0.25, 0.3) is 11.0 Å². The van der Waals surface area contributed by atoms with E-state index in [1.165, 1.54) is 6.33 Å². The number of amides is 1. The van der Waals surface area contributed by atoms with Crippen molar-refractivity contribution in [1.82, 2.24) is 25.3 Å². The molecule has 5 rings (SSSR count). The van der Waals surface area contributed by atoms with Crippen molar-refractivity contribution in [3.63, 3.8) is 0 Å². The zero-order chi connectivity index (χ0) is 23.3. The molecule has 10 nitrogen and oxygen atoms in total. The molecule has 3 heterocycles. The second-order valence-corrected chi connectivity index (χ2v) is 8.57. The lowest BCUT2D eigenvalue weighted by Gasteiger charge is -2.31. The zero-order valence-corrected chi connectivity index (χ0v) is 19.2. The first-order valence-electron chi connectivity index (χ1n) is 11.7. The van der Waals surface area contributed by atoms with E-state index in [4.69, 9.17) is 9.47 Å². The number of carbonyl (C=O) groups excluding carboxylic acids is 1. The Balaban J connectivity index is 1.25. The molecule has 10 heteroatoms. The molecular weight excluding hydrogens is 434 g/mol. The maximum Gasteiger partial charge on any atom is 0.269 e. The second kappa shape index (κ2) is 10.2. The number of hydrogen-bond acceptors (Lipinski definition) is 9. The second-order valence-electron chi connectivity index (χ2n) is 8.57. The number of benzene rings is 1. The molecule has 1 saturated carbocycles. The summed E-state index contributed by atoms with van der Waals surface area (Å²) >= 11 is 0. The molecule has 1 amide bonds. The molecule has 1 aliphatic heterocycles. The van der Waals surface area contributed by atoms with E-state index in [2.05, 4.69) is 47.6 Å². The van der Waals surface area contributed by atoms with Crippen molar-refractivity contribution in [2.45, 2.75) is 37.8 Å². The Labute approximate surface area is 198 Å². The standard InChI is InChI=1S/C24H29N7O3/c1-25-24(32)20-14-22(29-15-28-20)30-16-2-4-18(5-3-16)34-21-13-17(31-8-10-33-11-9-31)12-19-23(21)27-7-6-26-19/h6-7,12-16,18H,2-5,8-11H2,1H3,(H,25,32)(H,28,29,30). The Hall–Kier alpha value is -3.53. The van der Waals surface area contributed by atoms with Gasteiger partial charge in [-0.05, 0) is 31.7 Å². The van der Waals surface area contributed by atoms with E-state index < -0.39 is 0 Å². The topological polar surface area (TPSA) is 114 Å². The average Bonchev–Trinajstić information content (AvgIpc) is 2.90. The van der Waals surface area contributed by atoms with Crippen LogP contribution in [0.5, 0.6) is 5.75 Å². The normalized spacial score (nSPS) is 20.7. The molecule has 2 N–H and O–H groups in total. The van der Waals surface area contributed by atoms with Gasteiger partial charge in [0.1, 0.15) is 29.1 Å². The highest BCUT2D eigenvalue weighted by atomic mass is 16.5. The van der Waals surface area contributed by atoms with Crippen molar-refractivity contribution in [3.8, 4) is 5.75 Å². The number of aromatic nitrogens is 4. The van der Waals surface area contributed by atoms with Gasteiger partial charge in [0, 0.05) is 56.4 Å². The lowest BCUT2D eigenvalue weighted by atomic mass is 9.93. The maximum atomic E-state index is 11.8. The van der Waals surface area contributed by atoms with E-state index >= 15 is 0 Å². The minimum Gasteiger partial charge on any atom is -0.488 e. The van der Waals surface area contributed by atoms with Gasteiger partial charge in [0.2, 0.25) is 0 Å². The Morgan fingerprint density at radius 2 is 1.82 bits per heavy atom. The molecule has 0 spiro atoms. The number of hydrogen-bond donors (Lipinski definition) is 2. The summed E-state index contributed by atoms with van der Waals surface area (Å²) in [6, 6.07) is 6.12. The van der Waals surface area contributed by atoms with Crippen molar-refractivity contribution >= 4 is 28.4 Å². The molecular formula is C24H29N7O3. The van der Waals surface area contributed by atoms with Crippen LogP contribution in [-0.4, -0.2) is 71.3 Å². The van der Waals surface area contributed by atoms with Gasteiger partial charge in [-0.15, -0.1) is 0 Å². The summed E-state index contributed by atoms with van der Waals surface area (Å²) in [6.45, 7) is 3.16. The van der Waals surface area contributed by atoms with Gasteiger partial charge in [0.15, 0.2) is 0 Å². The fourth-order valence-corrected chi connectivity index (χ4v) is 4.52. The lowest BCUT2D eigenvalue weighted by molar-refractivity contribution is 0.0958. The number of ether oxygens (including phenoxy) is 2. The Bertz CT molecular complexity index is 1140. The van der Waals surface area contributed by atoms with E-state index in [1.54, 1.807) is 25.5 Å². The van der Waals surface area contributed by atoms with Crippen molar-refractivity contribution in [1.29, 1.82) is 0 Å². The van der Waals surface area contributed by atoms with E-state index in [-0.39, 0.29) is 18.1 Å². The average molecular weight is 464 g/mol. The SMILES string of the molecule is CNC(=O)c1cc(NC2CCC(Oc3cc(N4CCOCC4)cc4nccnc34)CC2)ncn1. The smallest absolute Gasteiger partial charge is 0.269 e. The summed E-state index contributed by atoms with van der Waals surface area (Å²) in [5.41, 5.74) is 3.08. The Morgan fingerprint density at radius 3 is 2.62 bits per heavy atom. The minimum absolute atomic E-state index is 0.107. The quantitative estimate of drug-likeness (QED) is 0.569. The maximum absolute atomic E-state index is 11.8. The van der Waals surface area contributed by atoms with Crippen LogP contribution in [0.1, 0.15) is 36.2 Å². The van der Waals surface area contributed by atoms with Crippen LogP contribution < -0.4 is 20.3 Å². The zero-order valence-electron chi connectivity index (χ0n) is 19.2. The van der Waals surface area contributed by atoms with Crippen LogP contribution in [-0.2, 0) is 4.74 Å². The van der Waals surface area contributed by atoms with Gasteiger partial charge in [0.25, 0.3) is 5.91 Å². The number of nitrogens with zero attached hydrogens (tertiary/aromatic N) is 5. The predicted octanol–water partition coefficient (Wildman–Crippen LogP) is 2.42. The molecule has 1 aromatic carbocycles. The molecule has 2 aliphatic rings. The third-order valence-electron chi connectivity index (χ3n) is 6.35. The van der Waals surface area contributed by atoms with Crippen LogP contribution in [0, 0.1) is 0 Å². The van der Waals surface area contributed by atoms with E-state index in [0.717, 1.165) is 74.5 Å². The van der Waals surface area contributed by atoms with Crippen LogP contribution in [0.15, 0.2) is 36.9 Å². The van der Waals surface area contributed by atoms with E-state index in [1.807, 2.05) is 0 Å². The van der Waals surface area contributed by atoms with Gasteiger partial charge in [-0.25, -0.2) is 15.0 Å². The van der Waals surface area contributed by atoms with Gasteiger partial charge in [0.05, 0.1) is 24.8 Å². The molecule has 1 saturated heterocycles. The molecule has 1 aliphatic carbocycles. The lowest BCUT2D eigenvalue weighted by Crippen LogP contribution is -2.36. The van der Waals surface area contributed by atoms with Crippen LogP contribution >= 0.6 is 0 Å². The van der Waals surface area contributed by atoms with Crippen LogP contribution in [0.2, 0.25) is 0 Å². The highest BCUT2D eigenvalue weighted by Gasteiger charge is 2.24. The number of rotatable bonds is 6. The summed E-state index contributed by atoms with van der Waals surface area (Å²) < 4.78 is 12.0. The molecule has 3 aromatic rings. The first-order valence-corrected chi connectivity index (χ1v) is 11.7. The summed E-state index contributed by atoms with van der Waals surface area (Å²) in [4.78, 5) is 31.5. The van der Waals surface area contributed by atoms with E-state index in [9.17, 15) is 4.79 Å². The Morgan fingerprint density at radius 1 is 1.03 bits per heavy atom. The fourth-order valence-electron chi connectivity index (χ4n) is 4.52. The van der Waals surface area contributed by atoms with Gasteiger partial charge in [-0.2, -0.15) is 0 Å². The molecule has 0 unspecified atom stereocenters. The number of nitrogens with one attached hydrogen (secondary N) is 2. The molecule has 2 fully saturated rings. The molecule has 178 valence electrons. The number of carbonyl (C=O) groups is 1. The third kappa shape index (κ3) is 5.01. The number of anilines is 2. The van der Waals surface area contributed by atoms with Crippen LogP contribution in [0.4, 0.5) is 11.5 Å². The van der Waals surface area contributed by atoms with Crippen molar-refractivity contribution in [2.24, 2.45) is 0 Å². The number of morpholine rings is 1. The van der Waals surface area contributed by atoms with Crippen molar-refractivity contribution in [2.75, 3.05) is 43.6 Å².